The second-order valence-corrected chi connectivity index (χ2v) is 9.79. The van der Waals surface area contributed by atoms with Gasteiger partial charge in [0, 0.05) is 50.4 Å². The number of nitrogens with zero attached hydrogens (tertiary/aromatic N) is 6. The van der Waals surface area contributed by atoms with Crippen molar-refractivity contribution in [3.8, 4) is 17.1 Å². The molecule has 3 aromatic heterocycles. The Hall–Kier alpha value is -3.83. The van der Waals surface area contributed by atoms with Crippen molar-refractivity contribution in [1.82, 2.24) is 29.6 Å². The van der Waals surface area contributed by atoms with Gasteiger partial charge in [-0.05, 0) is 19.1 Å². The number of morpholine rings is 1. The first-order valence-corrected chi connectivity index (χ1v) is 12.4. The van der Waals surface area contributed by atoms with Gasteiger partial charge < -0.3 is 20.4 Å². The number of fused-ring (bicyclic) bond motifs is 1. The first kappa shape index (κ1) is 23.6. The Morgan fingerprint density at radius 3 is 2.78 bits per heavy atom. The number of anilines is 1. The van der Waals surface area contributed by atoms with Crippen molar-refractivity contribution in [2.45, 2.75) is 25.6 Å². The Morgan fingerprint density at radius 1 is 1.19 bits per heavy atom. The number of benzene rings is 1. The van der Waals surface area contributed by atoms with Gasteiger partial charge in [-0.25, -0.2) is 19.0 Å². The van der Waals surface area contributed by atoms with Crippen LogP contribution in [0.15, 0.2) is 42.6 Å². The quantitative estimate of drug-likeness (QED) is 0.414. The molecule has 1 atom stereocenters. The largest absolute Gasteiger partial charge is 0.378 e. The molecule has 5 heterocycles. The van der Waals surface area contributed by atoms with Gasteiger partial charge in [-0.3, -0.25) is 9.69 Å². The summed E-state index contributed by atoms with van der Waals surface area (Å²) in [6.07, 6.45) is 1.99. The van der Waals surface area contributed by atoms with Crippen LogP contribution in [0.1, 0.15) is 17.8 Å². The van der Waals surface area contributed by atoms with Crippen LogP contribution in [0.25, 0.3) is 28.2 Å². The van der Waals surface area contributed by atoms with Gasteiger partial charge in [0.2, 0.25) is 5.67 Å². The van der Waals surface area contributed by atoms with E-state index in [2.05, 4.69) is 28.9 Å². The van der Waals surface area contributed by atoms with Crippen LogP contribution in [0, 0.1) is 6.92 Å². The molecule has 192 valence electrons. The summed E-state index contributed by atoms with van der Waals surface area (Å²) in [5, 5.41) is 4.79. The standard InChI is InChI=1S/C26H29FN8O2/c1-17-3-2-4-18(13-17)19-5-7-35(32-19)22-14-20(34-9-11-37-12-10-34)23-24(31-22)30-21(29-23)15-33-8-6-26(27,16-33)25(28)36/h2-5,7,13-14H,6,8-12,15-16H2,1H3,(H2,28,36)(H,29,30,31). The number of rotatable bonds is 6. The Balaban J connectivity index is 1.35. The monoisotopic (exact) mass is 504 g/mol. The molecule has 0 spiro atoms. The third-order valence-corrected chi connectivity index (χ3v) is 7.08. The number of nitrogens with one attached hydrogen (secondary N) is 1. The molecule has 2 aliphatic heterocycles. The molecule has 6 rings (SSSR count). The predicted molar refractivity (Wildman–Crippen MR) is 137 cm³/mol. The number of primary amides is 1. The van der Waals surface area contributed by atoms with E-state index in [0.29, 0.717) is 43.6 Å². The van der Waals surface area contributed by atoms with Crippen molar-refractivity contribution in [2.75, 3.05) is 44.3 Å². The number of aromatic nitrogens is 5. The number of carbonyl (C=O) groups excluding carboxylic acids is 1. The van der Waals surface area contributed by atoms with Crippen LogP contribution >= 0.6 is 0 Å². The Kier molecular flexibility index (Phi) is 5.88. The number of ether oxygens (including phenoxy) is 1. The number of imidazole rings is 1. The summed E-state index contributed by atoms with van der Waals surface area (Å²) in [6.45, 7) is 5.59. The number of hydrogen-bond donors (Lipinski definition) is 2. The number of pyridine rings is 1. The molecule has 0 bridgehead atoms. The zero-order valence-corrected chi connectivity index (χ0v) is 20.7. The summed E-state index contributed by atoms with van der Waals surface area (Å²) in [5.74, 6) is 0.400. The normalized spacial score (nSPS) is 20.6. The van der Waals surface area contributed by atoms with Crippen molar-refractivity contribution < 1.29 is 13.9 Å². The fourth-order valence-corrected chi connectivity index (χ4v) is 5.06. The number of carbonyl (C=O) groups is 1. The number of hydrogen-bond acceptors (Lipinski definition) is 7. The lowest BCUT2D eigenvalue weighted by atomic mass is 10.1. The van der Waals surface area contributed by atoms with Crippen molar-refractivity contribution in [3.05, 3.63) is 54.0 Å². The van der Waals surface area contributed by atoms with E-state index in [9.17, 15) is 9.18 Å². The molecular weight excluding hydrogens is 475 g/mol. The molecule has 4 aromatic rings. The van der Waals surface area contributed by atoms with Gasteiger partial charge in [-0.15, -0.1) is 0 Å². The molecule has 0 aliphatic carbocycles. The number of halogens is 1. The summed E-state index contributed by atoms with van der Waals surface area (Å²) in [5.41, 5.74) is 8.69. The van der Waals surface area contributed by atoms with E-state index in [0.717, 1.165) is 35.6 Å². The van der Waals surface area contributed by atoms with Gasteiger partial charge in [0.05, 0.1) is 31.1 Å². The second-order valence-electron chi connectivity index (χ2n) is 9.79. The first-order chi connectivity index (χ1) is 17.9. The van der Waals surface area contributed by atoms with Crippen molar-refractivity contribution >= 4 is 22.8 Å². The van der Waals surface area contributed by atoms with Crippen molar-refractivity contribution in [2.24, 2.45) is 5.73 Å². The lowest BCUT2D eigenvalue weighted by Crippen LogP contribution is -2.42. The number of amides is 1. The number of alkyl halides is 1. The van der Waals surface area contributed by atoms with E-state index >= 15 is 0 Å². The molecule has 2 fully saturated rings. The van der Waals surface area contributed by atoms with E-state index < -0.39 is 11.6 Å². The highest BCUT2D eigenvalue weighted by molar-refractivity contribution is 5.88. The average Bonchev–Trinajstić information content (AvgIpc) is 3.63. The molecule has 1 amide bonds. The highest BCUT2D eigenvalue weighted by Crippen LogP contribution is 2.30. The summed E-state index contributed by atoms with van der Waals surface area (Å²) in [4.78, 5) is 28.6. The van der Waals surface area contributed by atoms with Gasteiger partial charge in [-0.1, -0.05) is 23.8 Å². The van der Waals surface area contributed by atoms with Crippen LogP contribution in [0.3, 0.4) is 0 Å². The Labute approximate surface area is 213 Å². The fraction of sp³-hybridized carbons (Fsp3) is 0.385. The number of likely N-dealkylation sites (tertiary alicyclic amines) is 1. The van der Waals surface area contributed by atoms with E-state index in [1.807, 2.05) is 35.4 Å². The van der Waals surface area contributed by atoms with Gasteiger partial charge >= 0.3 is 0 Å². The third-order valence-electron chi connectivity index (χ3n) is 7.08. The second kappa shape index (κ2) is 9.24. The molecule has 1 aromatic carbocycles. The van der Waals surface area contributed by atoms with E-state index in [1.54, 1.807) is 4.68 Å². The lowest BCUT2D eigenvalue weighted by molar-refractivity contribution is -0.128. The highest BCUT2D eigenvalue weighted by atomic mass is 19.1. The molecule has 11 heteroatoms. The molecule has 3 N–H and O–H groups in total. The zero-order valence-electron chi connectivity index (χ0n) is 20.7. The van der Waals surface area contributed by atoms with Crippen LogP contribution in [0.2, 0.25) is 0 Å². The molecule has 0 radical (unpaired) electrons. The van der Waals surface area contributed by atoms with Gasteiger partial charge in [0.15, 0.2) is 11.5 Å². The van der Waals surface area contributed by atoms with Crippen LogP contribution in [-0.2, 0) is 16.1 Å². The SMILES string of the molecule is Cc1cccc(-c2ccn(-c3cc(N4CCOCC4)c4[nH]c(CN5CCC(F)(C(N)=O)C5)nc4n3)n2)c1. The maximum atomic E-state index is 14.7. The fourth-order valence-electron chi connectivity index (χ4n) is 5.06. The van der Waals surface area contributed by atoms with E-state index in [-0.39, 0.29) is 13.0 Å². The summed E-state index contributed by atoms with van der Waals surface area (Å²) < 4.78 is 22.0. The summed E-state index contributed by atoms with van der Waals surface area (Å²) in [6, 6.07) is 12.2. The van der Waals surface area contributed by atoms with Gasteiger partial charge in [0.1, 0.15) is 11.3 Å². The van der Waals surface area contributed by atoms with Crippen LogP contribution in [0.5, 0.6) is 0 Å². The van der Waals surface area contributed by atoms with Crippen LogP contribution in [-0.4, -0.2) is 80.6 Å². The number of H-pyrrole nitrogens is 1. The van der Waals surface area contributed by atoms with Gasteiger partial charge in [0.25, 0.3) is 5.91 Å². The smallest absolute Gasteiger partial charge is 0.256 e. The zero-order chi connectivity index (χ0) is 25.6. The Morgan fingerprint density at radius 2 is 2.03 bits per heavy atom. The molecule has 2 aliphatic rings. The average molecular weight is 505 g/mol. The van der Waals surface area contributed by atoms with Crippen molar-refractivity contribution in [3.63, 3.8) is 0 Å². The molecule has 2 saturated heterocycles. The number of nitrogens with two attached hydrogens (primary N) is 1. The minimum atomic E-state index is -1.99. The molecule has 1 unspecified atom stereocenters. The minimum absolute atomic E-state index is 0.0383. The molecule has 37 heavy (non-hydrogen) atoms. The lowest BCUT2D eigenvalue weighted by Gasteiger charge is -2.29. The Bertz CT molecular complexity index is 1460. The number of aromatic amines is 1. The van der Waals surface area contributed by atoms with Crippen LogP contribution < -0.4 is 10.6 Å². The number of aryl methyl sites for hydroxylation is 1. The topological polar surface area (TPSA) is 118 Å². The van der Waals surface area contributed by atoms with E-state index in [4.69, 9.17) is 25.5 Å². The highest BCUT2D eigenvalue weighted by Gasteiger charge is 2.43. The van der Waals surface area contributed by atoms with E-state index in [1.165, 1.54) is 5.56 Å². The third kappa shape index (κ3) is 4.56. The molecule has 10 nitrogen and oxygen atoms in total. The molecular formula is C26H29FN8O2. The van der Waals surface area contributed by atoms with Crippen molar-refractivity contribution in [1.29, 1.82) is 0 Å². The summed E-state index contributed by atoms with van der Waals surface area (Å²) in [7, 11) is 0. The predicted octanol–water partition coefficient (Wildman–Crippen LogP) is 2.35. The minimum Gasteiger partial charge on any atom is -0.378 e. The molecule has 0 saturated carbocycles. The maximum Gasteiger partial charge on any atom is 0.256 e. The van der Waals surface area contributed by atoms with Gasteiger partial charge in [-0.2, -0.15) is 5.10 Å². The maximum absolute atomic E-state index is 14.7. The first-order valence-electron chi connectivity index (χ1n) is 12.4. The summed E-state index contributed by atoms with van der Waals surface area (Å²) >= 11 is 0. The van der Waals surface area contributed by atoms with Crippen LogP contribution in [0.4, 0.5) is 10.1 Å².